The molecule has 0 spiro atoms. The molecule has 3 rings (SSSR count). The largest absolute Gasteiger partial charge is 0.366 e. The minimum absolute atomic E-state index is 0.106. The van der Waals surface area contributed by atoms with Gasteiger partial charge in [0.25, 0.3) is 0 Å². The molecule has 0 saturated heterocycles. The van der Waals surface area contributed by atoms with Crippen LogP contribution in [0.2, 0.25) is 0 Å². The fraction of sp³-hybridized carbons (Fsp3) is 0.158. The quantitative estimate of drug-likeness (QED) is 0.774. The fourth-order valence-electron chi connectivity index (χ4n) is 2.95. The molecule has 0 aliphatic heterocycles. The first kappa shape index (κ1) is 16.1. The molecule has 1 amide bonds. The maximum atomic E-state index is 14.2. The van der Waals surface area contributed by atoms with Crippen LogP contribution in [0.3, 0.4) is 0 Å². The van der Waals surface area contributed by atoms with E-state index in [1.807, 2.05) is 31.2 Å². The Kier molecular flexibility index (Phi) is 4.03. The molecule has 0 bridgehead atoms. The SMILES string of the molecule is Cc1cccc(-c2c(C(C)N)nc3c(F)cccc3c2C(N)=O)c1. The van der Waals surface area contributed by atoms with Gasteiger partial charge in [0.1, 0.15) is 11.3 Å². The van der Waals surface area contributed by atoms with Gasteiger partial charge >= 0.3 is 0 Å². The van der Waals surface area contributed by atoms with Crippen molar-refractivity contribution >= 4 is 16.8 Å². The molecule has 4 nitrogen and oxygen atoms in total. The number of aromatic nitrogens is 1. The van der Waals surface area contributed by atoms with E-state index in [0.29, 0.717) is 16.6 Å². The smallest absolute Gasteiger partial charge is 0.250 e. The number of hydrogen-bond donors (Lipinski definition) is 2. The van der Waals surface area contributed by atoms with Gasteiger partial charge in [-0.3, -0.25) is 4.79 Å². The molecule has 5 heteroatoms. The van der Waals surface area contributed by atoms with Crippen molar-refractivity contribution < 1.29 is 9.18 Å². The fourth-order valence-corrected chi connectivity index (χ4v) is 2.95. The highest BCUT2D eigenvalue weighted by Crippen LogP contribution is 2.35. The minimum atomic E-state index is -0.633. The van der Waals surface area contributed by atoms with Crippen LogP contribution in [0.1, 0.15) is 34.6 Å². The van der Waals surface area contributed by atoms with Gasteiger partial charge in [0.2, 0.25) is 5.91 Å². The van der Waals surface area contributed by atoms with Gasteiger partial charge in [-0.1, -0.05) is 42.0 Å². The lowest BCUT2D eigenvalue weighted by molar-refractivity contribution is 0.100. The Morgan fingerprint density at radius 1 is 1.21 bits per heavy atom. The number of halogens is 1. The first-order valence-electron chi connectivity index (χ1n) is 7.64. The summed E-state index contributed by atoms with van der Waals surface area (Å²) in [5, 5.41) is 0.392. The van der Waals surface area contributed by atoms with Crippen molar-refractivity contribution in [2.75, 3.05) is 0 Å². The number of amides is 1. The molecule has 0 fully saturated rings. The van der Waals surface area contributed by atoms with E-state index in [1.165, 1.54) is 12.1 Å². The number of nitrogens with zero attached hydrogens (tertiary/aromatic N) is 1. The highest BCUT2D eigenvalue weighted by Gasteiger charge is 2.23. The van der Waals surface area contributed by atoms with Crippen LogP contribution in [-0.2, 0) is 0 Å². The topological polar surface area (TPSA) is 82.0 Å². The van der Waals surface area contributed by atoms with Crippen LogP contribution in [0.5, 0.6) is 0 Å². The van der Waals surface area contributed by atoms with Gasteiger partial charge in [-0.25, -0.2) is 9.37 Å². The van der Waals surface area contributed by atoms with Crippen LogP contribution in [0.4, 0.5) is 4.39 Å². The van der Waals surface area contributed by atoms with Crippen LogP contribution in [-0.4, -0.2) is 10.9 Å². The first-order chi connectivity index (χ1) is 11.4. The molecule has 122 valence electrons. The summed E-state index contributed by atoms with van der Waals surface area (Å²) in [6, 6.07) is 11.6. The lowest BCUT2D eigenvalue weighted by atomic mass is 9.91. The van der Waals surface area contributed by atoms with Crippen molar-refractivity contribution in [1.82, 2.24) is 4.98 Å². The van der Waals surface area contributed by atoms with Gasteiger partial charge in [-0.05, 0) is 25.5 Å². The minimum Gasteiger partial charge on any atom is -0.366 e. The molecule has 1 atom stereocenters. The number of carbonyl (C=O) groups excluding carboxylic acids is 1. The van der Waals surface area contributed by atoms with Crippen LogP contribution in [0.15, 0.2) is 42.5 Å². The number of rotatable bonds is 3. The summed E-state index contributed by atoms with van der Waals surface area (Å²) in [5.74, 6) is -1.14. The number of aryl methyl sites for hydroxylation is 1. The summed E-state index contributed by atoms with van der Waals surface area (Å²) < 4.78 is 14.2. The third-order valence-electron chi connectivity index (χ3n) is 3.98. The molecule has 1 heterocycles. The summed E-state index contributed by atoms with van der Waals surface area (Å²) in [4.78, 5) is 16.6. The molecule has 3 aromatic rings. The van der Waals surface area contributed by atoms with Crippen LogP contribution < -0.4 is 11.5 Å². The predicted octanol–water partition coefficient (Wildman–Crippen LogP) is 3.47. The lowest BCUT2D eigenvalue weighted by Gasteiger charge is -2.18. The third-order valence-corrected chi connectivity index (χ3v) is 3.98. The van der Waals surface area contributed by atoms with E-state index in [-0.39, 0.29) is 11.1 Å². The number of para-hydroxylation sites is 1. The van der Waals surface area contributed by atoms with Crippen molar-refractivity contribution in [2.24, 2.45) is 11.5 Å². The molecule has 0 radical (unpaired) electrons. The molecule has 0 aliphatic carbocycles. The number of nitrogens with two attached hydrogens (primary N) is 2. The van der Waals surface area contributed by atoms with Gasteiger partial charge in [0.05, 0.1) is 11.3 Å². The van der Waals surface area contributed by atoms with Crippen molar-refractivity contribution in [2.45, 2.75) is 19.9 Å². The Hall–Kier alpha value is -2.79. The zero-order chi connectivity index (χ0) is 17.4. The molecule has 24 heavy (non-hydrogen) atoms. The van der Waals surface area contributed by atoms with Gasteiger partial charge in [0.15, 0.2) is 0 Å². The van der Waals surface area contributed by atoms with Gasteiger partial charge in [-0.15, -0.1) is 0 Å². The van der Waals surface area contributed by atoms with E-state index < -0.39 is 17.8 Å². The number of carbonyl (C=O) groups is 1. The number of hydrogen-bond acceptors (Lipinski definition) is 3. The normalized spacial score (nSPS) is 12.3. The third kappa shape index (κ3) is 2.63. The number of fused-ring (bicyclic) bond motifs is 1. The zero-order valence-corrected chi connectivity index (χ0v) is 13.5. The van der Waals surface area contributed by atoms with Gasteiger partial charge < -0.3 is 11.5 Å². The standard InChI is InChI=1S/C19H18FN3O/c1-10-5-3-6-12(9-10)15-16(19(22)24)13-7-4-8-14(20)18(13)23-17(15)11(2)21/h3-9,11H,21H2,1-2H3,(H2,22,24). The molecule has 2 aromatic carbocycles. The number of benzene rings is 2. The average Bonchev–Trinajstić information content (AvgIpc) is 2.53. The molecular formula is C19H18FN3O. The van der Waals surface area contributed by atoms with Gasteiger partial charge in [0, 0.05) is 17.0 Å². The van der Waals surface area contributed by atoms with E-state index in [9.17, 15) is 9.18 Å². The predicted molar refractivity (Wildman–Crippen MR) is 93.0 cm³/mol. The second-order valence-electron chi connectivity index (χ2n) is 5.91. The average molecular weight is 323 g/mol. The molecule has 1 aromatic heterocycles. The first-order valence-corrected chi connectivity index (χ1v) is 7.64. The molecule has 1 unspecified atom stereocenters. The second-order valence-corrected chi connectivity index (χ2v) is 5.91. The molecule has 0 saturated carbocycles. The lowest BCUT2D eigenvalue weighted by Crippen LogP contribution is -2.18. The summed E-state index contributed by atoms with van der Waals surface area (Å²) >= 11 is 0. The Labute approximate surface area is 139 Å². The molecule has 0 aliphatic rings. The summed E-state index contributed by atoms with van der Waals surface area (Å²) in [6.45, 7) is 3.70. The van der Waals surface area contributed by atoms with Crippen LogP contribution in [0.25, 0.3) is 22.0 Å². The van der Waals surface area contributed by atoms with Crippen LogP contribution in [0, 0.1) is 12.7 Å². The van der Waals surface area contributed by atoms with E-state index in [1.54, 1.807) is 13.0 Å². The highest BCUT2D eigenvalue weighted by molar-refractivity contribution is 6.11. The van der Waals surface area contributed by atoms with Crippen molar-refractivity contribution in [1.29, 1.82) is 0 Å². The maximum Gasteiger partial charge on any atom is 0.250 e. The van der Waals surface area contributed by atoms with Crippen molar-refractivity contribution in [3.8, 4) is 11.1 Å². The zero-order valence-electron chi connectivity index (χ0n) is 13.5. The Balaban J connectivity index is 2.52. The van der Waals surface area contributed by atoms with E-state index in [2.05, 4.69) is 4.98 Å². The molecule has 4 N–H and O–H groups in total. The Morgan fingerprint density at radius 3 is 2.54 bits per heavy atom. The Bertz CT molecular complexity index is 951. The van der Waals surface area contributed by atoms with Crippen molar-refractivity contribution in [3.63, 3.8) is 0 Å². The number of pyridine rings is 1. The van der Waals surface area contributed by atoms with E-state index in [0.717, 1.165) is 11.1 Å². The number of primary amides is 1. The maximum absolute atomic E-state index is 14.2. The second kappa shape index (κ2) is 6.02. The van der Waals surface area contributed by atoms with Crippen molar-refractivity contribution in [3.05, 3.63) is 65.1 Å². The Morgan fingerprint density at radius 2 is 1.92 bits per heavy atom. The summed E-state index contributed by atoms with van der Waals surface area (Å²) in [7, 11) is 0. The summed E-state index contributed by atoms with van der Waals surface area (Å²) in [5.41, 5.74) is 14.9. The molecular weight excluding hydrogens is 305 g/mol. The van der Waals surface area contributed by atoms with Gasteiger partial charge in [-0.2, -0.15) is 0 Å². The highest BCUT2D eigenvalue weighted by atomic mass is 19.1. The van der Waals surface area contributed by atoms with E-state index in [4.69, 9.17) is 11.5 Å². The van der Waals surface area contributed by atoms with Crippen LogP contribution >= 0.6 is 0 Å². The van der Waals surface area contributed by atoms with E-state index >= 15 is 0 Å². The monoisotopic (exact) mass is 323 g/mol. The summed E-state index contributed by atoms with van der Waals surface area (Å²) in [6.07, 6.45) is 0.